The first-order valence-corrected chi connectivity index (χ1v) is 18.7. The van der Waals surface area contributed by atoms with Crippen molar-refractivity contribution in [3.05, 3.63) is 0 Å². The van der Waals surface area contributed by atoms with Crippen molar-refractivity contribution in [1.29, 1.82) is 0 Å². The summed E-state index contributed by atoms with van der Waals surface area (Å²) in [7, 11) is -1.11. The number of rotatable bonds is 4. The molecule has 80 valence electrons. The molecule has 13 heavy (non-hydrogen) atoms. The predicted molar refractivity (Wildman–Crippen MR) is 77.9 cm³/mol. The Morgan fingerprint density at radius 3 is 1.15 bits per heavy atom. The second-order valence-corrected chi connectivity index (χ2v) is 36.9. The van der Waals surface area contributed by atoms with E-state index in [-0.39, 0.29) is 0 Å². The SMILES string of the molecule is C[Si](C)(C)[Si](C)(CC[SiH3])[Si](C)(C)C. The van der Waals surface area contributed by atoms with Crippen LogP contribution in [0.25, 0.3) is 0 Å². The van der Waals surface area contributed by atoms with Crippen LogP contribution in [0.2, 0.25) is 57.9 Å². The van der Waals surface area contributed by atoms with E-state index in [0.717, 1.165) is 0 Å². The van der Waals surface area contributed by atoms with Crippen LogP contribution in [0.1, 0.15) is 0 Å². The fourth-order valence-electron chi connectivity index (χ4n) is 2.38. The fourth-order valence-corrected chi connectivity index (χ4v) is 46.1. The normalized spacial score (nSPS) is 15.0. The van der Waals surface area contributed by atoms with E-state index < -0.39 is 22.3 Å². The molecule has 0 nitrogen and oxygen atoms in total. The van der Waals surface area contributed by atoms with E-state index in [1.165, 1.54) is 10.2 Å². The minimum Gasteiger partial charge on any atom is -0.0729 e. The van der Waals surface area contributed by atoms with Gasteiger partial charge in [-0.1, -0.05) is 57.9 Å². The van der Waals surface area contributed by atoms with Gasteiger partial charge in [0.25, 0.3) is 0 Å². The van der Waals surface area contributed by atoms with Gasteiger partial charge in [0, 0.05) is 32.5 Å². The van der Waals surface area contributed by atoms with Crippen molar-refractivity contribution in [2.45, 2.75) is 57.9 Å². The van der Waals surface area contributed by atoms with Gasteiger partial charge in [-0.25, -0.2) is 0 Å². The highest BCUT2D eigenvalue weighted by atomic mass is 29.6. The third-order valence-electron chi connectivity index (χ3n) is 4.06. The Morgan fingerprint density at radius 1 is 0.769 bits per heavy atom. The Balaban J connectivity index is 4.96. The van der Waals surface area contributed by atoms with E-state index >= 15 is 0 Å². The maximum Gasteiger partial charge on any atom is 0.0384 e. The largest absolute Gasteiger partial charge is 0.0729 e. The van der Waals surface area contributed by atoms with Gasteiger partial charge in [-0.2, -0.15) is 0 Å². The third kappa shape index (κ3) is 2.91. The van der Waals surface area contributed by atoms with Gasteiger partial charge in [0.2, 0.25) is 0 Å². The zero-order chi connectivity index (χ0) is 10.9. The quantitative estimate of drug-likeness (QED) is 0.671. The molecular weight excluding hydrogens is 220 g/mol. The molecule has 0 saturated heterocycles. The second kappa shape index (κ2) is 4.16. The van der Waals surface area contributed by atoms with E-state index in [9.17, 15) is 0 Å². The second-order valence-electron chi connectivity index (χ2n) is 6.58. The van der Waals surface area contributed by atoms with E-state index in [1.807, 2.05) is 0 Å². The van der Waals surface area contributed by atoms with Gasteiger partial charge < -0.3 is 0 Å². The average molecular weight is 249 g/mol. The lowest BCUT2D eigenvalue weighted by Gasteiger charge is -2.48. The van der Waals surface area contributed by atoms with Gasteiger partial charge in [-0.05, 0) is 0 Å². The fraction of sp³-hybridized carbons (Fsp3) is 1.00. The first kappa shape index (κ1) is 13.9. The van der Waals surface area contributed by atoms with E-state index in [2.05, 4.69) is 45.8 Å². The smallest absolute Gasteiger partial charge is 0.0384 e. The Kier molecular flexibility index (Phi) is 4.44. The summed E-state index contributed by atoms with van der Waals surface area (Å²) < 4.78 is 0. The zero-order valence-electron chi connectivity index (χ0n) is 10.9. The van der Waals surface area contributed by atoms with Crippen LogP contribution in [0.15, 0.2) is 0 Å². The summed E-state index contributed by atoms with van der Waals surface area (Å²) >= 11 is 0. The number of hydrogen-bond donors (Lipinski definition) is 0. The molecule has 0 aromatic heterocycles. The molecule has 0 unspecified atom stereocenters. The molecule has 0 rings (SSSR count). The van der Waals surface area contributed by atoms with Crippen LogP contribution >= 0.6 is 0 Å². The molecule has 0 atom stereocenters. The molecule has 0 amide bonds. The molecule has 0 aliphatic rings. The Labute approximate surface area is 90.5 Å². The molecule has 0 spiro atoms. The average Bonchev–Trinajstić information content (AvgIpc) is 1.82. The predicted octanol–water partition coefficient (Wildman–Crippen LogP) is 2.68. The van der Waals surface area contributed by atoms with Crippen LogP contribution in [0.3, 0.4) is 0 Å². The Morgan fingerprint density at radius 2 is 1.08 bits per heavy atom. The van der Waals surface area contributed by atoms with Gasteiger partial charge in [-0.3, -0.25) is 0 Å². The monoisotopic (exact) mass is 248 g/mol. The lowest BCUT2D eigenvalue weighted by atomic mass is 11.0. The minimum absolute atomic E-state index is 0.840. The molecule has 0 N–H and O–H groups in total. The first-order valence-electron chi connectivity index (χ1n) is 5.56. The first-order chi connectivity index (χ1) is 5.56. The van der Waals surface area contributed by atoms with Crippen LogP contribution in [0.5, 0.6) is 0 Å². The maximum absolute atomic E-state index is 2.73. The molecule has 0 fully saturated rings. The molecule has 0 aliphatic heterocycles. The molecule has 0 heterocycles. The summed E-state index contributed by atoms with van der Waals surface area (Å²) in [5.74, 6) is 0. The molecule has 0 bridgehead atoms. The van der Waals surface area contributed by atoms with Crippen molar-refractivity contribution in [1.82, 2.24) is 0 Å². The van der Waals surface area contributed by atoms with E-state index in [1.54, 1.807) is 12.1 Å². The Bertz CT molecular complexity index is 149. The molecule has 0 radical (unpaired) electrons. The summed E-state index contributed by atoms with van der Waals surface area (Å²) in [5.41, 5.74) is 0. The van der Waals surface area contributed by atoms with E-state index in [4.69, 9.17) is 0 Å². The van der Waals surface area contributed by atoms with Crippen LogP contribution in [0, 0.1) is 0 Å². The standard InChI is InChI=1S/C9H28Si4/c1-11(2,3)13(7,9-8-10)12(4,5)6/h8-9H2,1-7,10H3. The third-order valence-corrected chi connectivity index (χ3v) is 48.5. The number of hydrogen-bond acceptors (Lipinski definition) is 0. The zero-order valence-corrected chi connectivity index (χ0v) is 15.9. The minimum atomic E-state index is -0.844. The molecule has 4 heteroatoms. The summed E-state index contributed by atoms with van der Waals surface area (Å²) in [6, 6.07) is 3.20. The lowest BCUT2D eigenvalue weighted by molar-refractivity contribution is 1.39. The highest BCUT2D eigenvalue weighted by molar-refractivity contribution is 7.68. The molecule has 0 aliphatic carbocycles. The van der Waals surface area contributed by atoms with Crippen LogP contribution in [0.4, 0.5) is 0 Å². The van der Waals surface area contributed by atoms with Crippen molar-refractivity contribution in [2.75, 3.05) is 0 Å². The van der Waals surface area contributed by atoms with Crippen LogP contribution in [-0.4, -0.2) is 32.5 Å². The van der Waals surface area contributed by atoms with Crippen molar-refractivity contribution in [2.24, 2.45) is 0 Å². The summed E-state index contributed by atoms with van der Waals surface area (Å²) in [5, 5.41) is 0. The van der Waals surface area contributed by atoms with Crippen molar-refractivity contribution in [3.63, 3.8) is 0 Å². The topological polar surface area (TPSA) is 0 Å². The van der Waals surface area contributed by atoms with E-state index in [0.29, 0.717) is 0 Å². The molecule has 0 saturated carbocycles. The molecule has 0 aromatic rings. The summed E-state index contributed by atoms with van der Waals surface area (Å²) in [6.07, 6.45) is 0. The molecule has 0 aromatic carbocycles. The van der Waals surface area contributed by atoms with Crippen LogP contribution in [-0.2, 0) is 0 Å². The van der Waals surface area contributed by atoms with Crippen molar-refractivity contribution >= 4 is 32.5 Å². The van der Waals surface area contributed by atoms with Gasteiger partial charge >= 0.3 is 0 Å². The van der Waals surface area contributed by atoms with Gasteiger partial charge in [0.1, 0.15) is 0 Å². The van der Waals surface area contributed by atoms with Crippen molar-refractivity contribution in [3.8, 4) is 0 Å². The summed E-state index contributed by atoms with van der Waals surface area (Å²) in [6.45, 7) is 18.4. The highest BCUT2D eigenvalue weighted by Gasteiger charge is 2.49. The maximum atomic E-state index is 2.73. The highest BCUT2D eigenvalue weighted by Crippen LogP contribution is 2.33. The summed E-state index contributed by atoms with van der Waals surface area (Å²) in [4.78, 5) is 0. The van der Waals surface area contributed by atoms with Gasteiger partial charge in [0.05, 0.1) is 0 Å². The van der Waals surface area contributed by atoms with Crippen LogP contribution < -0.4 is 0 Å². The Hall–Kier alpha value is 0.868. The van der Waals surface area contributed by atoms with Crippen molar-refractivity contribution < 1.29 is 0 Å². The van der Waals surface area contributed by atoms with Gasteiger partial charge in [0.15, 0.2) is 0 Å². The van der Waals surface area contributed by atoms with Gasteiger partial charge in [-0.15, -0.1) is 0 Å². The molecular formula is C9H28Si4. The lowest BCUT2D eigenvalue weighted by Crippen LogP contribution is -2.69.